The molecule has 0 spiro atoms. The van der Waals surface area contributed by atoms with Crippen LogP contribution in [0.4, 0.5) is 10.6 Å². The number of aryl methyl sites for hydroxylation is 1. The van der Waals surface area contributed by atoms with Crippen LogP contribution < -0.4 is 10.6 Å². The van der Waals surface area contributed by atoms with Crippen molar-refractivity contribution in [2.24, 2.45) is 7.05 Å². The van der Waals surface area contributed by atoms with Crippen molar-refractivity contribution in [2.75, 3.05) is 18.5 Å². The van der Waals surface area contributed by atoms with Gasteiger partial charge in [0.25, 0.3) is 5.91 Å². The molecule has 2 aromatic carbocycles. The number of aromatic carboxylic acids is 1. The van der Waals surface area contributed by atoms with Crippen LogP contribution in [0.2, 0.25) is 0 Å². The number of hydrogen-bond acceptors (Lipinski definition) is 5. The predicted molar refractivity (Wildman–Crippen MR) is 126 cm³/mol. The molecule has 9 heteroatoms. The highest BCUT2D eigenvalue weighted by Crippen LogP contribution is 2.44. The second-order valence-electron chi connectivity index (χ2n) is 7.89. The number of fused-ring (bicyclic) bond motifs is 3. The fourth-order valence-corrected chi connectivity index (χ4v) is 3.97. The molecule has 3 N–H and O–H groups in total. The Hall–Kier alpha value is -4.40. The molecule has 3 aromatic rings. The molecule has 34 heavy (non-hydrogen) atoms. The van der Waals surface area contributed by atoms with Crippen molar-refractivity contribution in [3.05, 3.63) is 83.1 Å². The van der Waals surface area contributed by atoms with E-state index in [4.69, 9.17) is 9.84 Å². The van der Waals surface area contributed by atoms with Crippen molar-refractivity contribution in [3.8, 4) is 11.1 Å². The summed E-state index contributed by atoms with van der Waals surface area (Å²) in [5.41, 5.74) is 4.85. The molecule has 0 fully saturated rings. The largest absolute Gasteiger partial charge is 0.477 e. The third-order valence-corrected chi connectivity index (χ3v) is 5.70. The summed E-state index contributed by atoms with van der Waals surface area (Å²) in [6, 6.07) is 17.4. The Morgan fingerprint density at radius 2 is 1.71 bits per heavy atom. The first-order valence-electron chi connectivity index (χ1n) is 10.7. The first kappa shape index (κ1) is 22.8. The van der Waals surface area contributed by atoms with E-state index in [1.807, 2.05) is 36.4 Å². The normalized spacial score (nSPS) is 12.6. The predicted octanol–water partition coefficient (Wildman–Crippen LogP) is 3.54. The highest BCUT2D eigenvalue weighted by Gasteiger charge is 2.28. The monoisotopic (exact) mass is 460 g/mol. The molecule has 9 nitrogen and oxygen atoms in total. The van der Waals surface area contributed by atoms with Crippen molar-refractivity contribution in [1.82, 2.24) is 15.1 Å². The third kappa shape index (κ3) is 4.68. The lowest BCUT2D eigenvalue weighted by Crippen LogP contribution is -2.26. The number of rotatable bonds is 7. The standard InChI is InChI=1S/C25H24N4O5/c1-15(23(30)27-22-13-21(24(31)32)29(2)28-22)11-12-26-25(33)34-14-20-18-9-5-3-7-16(18)17-8-4-6-10-19(17)20/h3-11,13,20H,12,14H2,1-2H3,(H,26,33)(H,31,32)(H,27,28,30)/b15-11+. The smallest absolute Gasteiger partial charge is 0.407 e. The van der Waals surface area contributed by atoms with E-state index in [1.165, 1.54) is 19.2 Å². The molecule has 1 aromatic heterocycles. The molecule has 0 atom stereocenters. The van der Waals surface area contributed by atoms with Gasteiger partial charge in [-0.05, 0) is 29.2 Å². The van der Waals surface area contributed by atoms with Gasteiger partial charge in [-0.3, -0.25) is 9.48 Å². The molecule has 0 saturated carbocycles. The number of anilines is 1. The van der Waals surface area contributed by atoms with Crippen molar-refractivity contribution in [3.63, 3.8) is 0 Å². The molecule has 0 bridgehead atoms. The van der Waals surface area contributed by atoms with Gasteiger partial charge in [0.05, 0.1) is 0 Å². The molecule has 1 aliphatic rings. The summed E-state index contributed by atoms with van der Waals surface area (Å²) in [4.78, 5) is 35.6. The Labute approximate surface area is 196 Å². The zero-order valence-electron chi connectivity index (χ0n) is 18.7. The van der Waals surface area contributed by atoms with Crippen molar-refractivity contribution in [2.45, 2.75) is 12.8 Å². The lowest BCUT2D eigenvalue weighted by Gasteiger charge is -2.14. The van der Waals surface area contributed by atoms with E-state index in [2.05, 4.69) is 27.9 Å². The van der Waals surface area contributed by atoms with Crippen molar-refractivity contribution in [1.29, 1.82) is 0 Å². The zero-order valence-corrected chi connectivity index (χ0v) is 18.7. The number of hydrogen-bond donors (Lipinski definition) is 3. The molecule has 0 unspecified atom stereocenters. The number of carboxylic acid groups (broad SMARTS) is 1. The van der Waals surface area contributed by atoms with Gasteiger partial charge < -0.3 is 20.5 Å². The number of carbonyl (C=O) groups excluding carboxylic acids is 2. The molecular weight excluding hydrogens is 436 g/mol. The van der Waals surface area contributed by atoms with E-state index < -0.39 is 18.0 Å². The summed E-state index contributed by atoms with van der Waals surface area (Å²) in [5, 5.41) is 18.2. The molecule has 0 saturated heterocycles. The highest BCUT2D eigenvalue weighted by atomic mass is 16.5. The number of carboxylic acids is 1. The lowest BCUT2D eigenvalue weighted by molar-refractivity contribution is -0.112. The average molecular weight is 460 g/mol. The molecule has 0 radical (unpaired) electrons. The number of ether oxygens (including phenoxy) is 1. The van der Waals surface area contributed by atoms with Crippen LogP contribution in [0.1, 0.15) is 34.5 Å². The first-order valence-corrected chi connectivity index (χ1v) is 10.7. The number of aromatic nitrogens is 2. The molecule has 1 aliphatic carbocycles. The minimum absolute atomic E-state index is 0.0322. The molecule has 2 amide bonds. The van der Waals surface area contributed by atoms with Crippen LogP contribution in [-0.2, 0) is 16.6 Å². The van der Waals surface area contributed by atoms with Gasteiger partial charge in [0.15, 0.2) is 5.82 Å². The summed E-state index contributed by atoms with van der Waals surface area (Å²) in [7, 11) is 1.47. The number of benzene rings is 2. The van der Waals surface area contributed by atoms with Gasteiger partial charge >= 0.3 is 12.1 Å². The second-order valence-corrected chi connectivity index (χ2v) is 7.89. The number of nitrogens with zero attached hydrogens (tertiary/aromatic N) is 2. The summed E-state index contributed by atoms with van der Waals surface area (Å²) < 4.78 is 6.63. The Balaban J connectivity index is 1.29. The molecule has 0 aliphatic heterocycles. The van der Waals surface area contributed by atoms with Gasteiger partial charge in [-0.1, -0.05) is 54.6 Å². The fraction of sp³-hybridized carbons (Fsp3) is 0.200. The van der Waals surface area contributed by atoms with E-state index >= 15 is 0 Å². The Bertz CT molecular complexity index is 1250. The van der Waals surface area contributed by atoms with Crippen LogP contribution in [0.15, 0.2) is 66.2 Å². The van der Waals surface area contributed by atoms with Crippen LogP contribution in [-0.4, -0.2) is 46.0 Å². The minimum Gasteiger partial charge on any atom is -0.477 e. The van der Waals surface area contributed by atoms with E-state index in [0.717, 1.165) is 26.9 Å². The molecule has 174 valence electrons. The van der Waals surface area contributed by atoms with Gasteiger partial charge in [-0.2, -0.15) is 5.10 Å². The van der Waals surface area contributed by atoms with E-state index in [0.29, 0.717) is 5.57 Å². The number of alkyl carbamates (subject to hydrolysis) is 1. The zero-order chi connectivity index (χ0) is 24.2. The first-order chi connectivity index (χ1) is 16.3. The van der Waals surface area contributed by atoms with Crippen LogP contribution in [0.25, 0.3) is 11.1 Å². The van der Waals surface area contributed by atoms with Crippen LogP contribution in [0.3, 0.4) is 0 Å². The Kier molecular flexibility index (Phi) is 6.44. The van der Waals surface area contributed by atoms with E-state index in [1.54, 1.807) is 6.92 Å². The summed E-state index contributed by atoms with van der Waals surface area (Å²) >= 11 is 0. The van der Waals surface area contributed by atoms with E-state index in [9.17, 15) is 14.4 Å². The van der Waals surface area contributed by atoms with Crippen molar-refractivity contribution >= 4 is 23.8 Å². The summed E-state index contributed by atoms with van der Waals surface area (Å²) in [6.07, 6.45) is 0.958. The molecule has 4 rings (SSSR count). The molecule has 1 heterocycles. The fourth-order valence-electron chi connectivity index (χ4n) is 3.97. The second kappa shape index (κ2) is 9.62. The van der Waals surface area contributed by atoms with E-state index in [-0.39, 0.29) is 30.6 Å². The highest BCUT2D eigenvalue weighted by molar-refractivity contribution is 6.03. The SMILES string of the molecule is C/C(=C\CNC(=O)OCC1c2ccccc2-c2ccccc21)C(=O)Nc1cc(C(=O)O)n(C)n1. The Morgan fingerprint density at radius 3 is 2.29 bits per heavy atom. The molecular formula is C25H24N4O5. The van der Waals surface area contributed by atoms with Gasteiger partial charge in [-0.15, -0.1) is 0 Å². The lowest BCUT2D eigenvalue weighted by atomic mass is 9.98. The van der Waals surface area contributed by atoms with Gasteiger partial charge in [0, 0.05) is 31.1 Å². The Morgan fingerprint density at radius 1 is 1.09 bits per heavy atom. The average Bonchev–Trinajstić information content (AvgIpc) is 3.35. The summed E-state index contributed by atoms with van der Waals surface area (Å²) in [5.74, 6) is -1.50. The quantitative estimate of drug-likeness (QED) is 0.464. The van der Waals surface area contributed by atoms with Crippen LogP contribution in [0, 0.1) is 0 Å². The van der Waals surface area contributed by atoms with Crippen LogP contribution >= 0.6 is 0 Å². The number of carbonyl (C=O) groups is 3. The number of nitrogens with one attached hydrogen (secondary N) is 2. The maximum atomic E-state index is 12.3. The topological polar surface area (TPSA) is 123 Å². The minimum atomic E-state index is -1.14. The van der Waals surface area contributed by atoms with Gasteiger partial charge in [0.2, 0.25) is 0 Å². The maximum Gasteiger partial charge on any atom is 0.407 e. The maximum absolute atomic E-state index is 12.3. The van der Waals surface area contributed by atoms with Crippen LogP contribution in [0.5, 0.6) is 0 Å². The van der Waals surface area contributed by atoms with Gasteiger partial charge in [-0.25, -0.2) is 9.59 Å². The third-order valence-electron chi connectivity index (χ3n) is 5.70. The van der Waals surface area contributed by atoms with Gasteiger partial charge in [0.1, 0.15) is 12.3 Å². The summed E-state index contributed by atoms with van der Waals surface area (Å²) in [6.45, 7) is 1.88. The number of amides is 2. The van der Waals surface area contributed by atoms with Crippen molar-refractivity contribution < 1.29 is 24.2 Å².